The van der Waals surface area contributed by atoms with Gasteiger partial charge >= 0.3 is 10.4 Å². The predicted molar refractivity (Wildman–Crippen MR) is 57.6 cm³/mol. The molecule has 1 fully saturated rings. The van der Waals surface area contributed by atoms with Gasteiger partial charge in [0, 0.05) is 0 Å². The first kappa shape index (κ1) is 17.5. The van der Waals surface area contributed by atoms with Crippen molar-refractivity contribution in [2.45, 2.75) is 12.2 Å². The van der Waals surface area contributed by atoms with Crippen LogP contribution in [0.2, 0.25) is 0 Å². The second-order valence-corrected chi connectivity index (χ2v) is 3.77. The summed E-state index contributed by atoms with van der Waals surface area (Å²) in [5.41, 5.74) is 10.7. The van der Waals surface area contributed by atoms with Crippen molar-refractivity contribution in [1.29, 1.82) is 0 Å². The van der Waals surface area contributed by atoms with Gasteiger partial charge in [-0.05, 0) is 12.2 Å². The molecule has 1 rings (SSSR count). The zero-order valence-electron chi connectivity index (χ0n) is 7.75. The Bertz CT molecular complexity index is 348. The number of thiocarbonyl (C=S) groups is 1. The lowest BCUT2D eigenvalue weighted by Gasteiger charge is -2.27. The Morgan fingerprint density at radius 2 is 1.69 bits per heavy atom. The largest absolute Gasteiger partial charge is 0.412 e. The minimum Gasteiger partial charge on any atom is -0.412 e. The molecule has 1 saturated heterocycles. The number of rotatable bonds is 0. The maximum atomic E-state index is 10.8. The number of hydrogen-bond donors (Lipinski definition) is 6. The summed E-state index contributed by atoms with van der Waals surface area (Å²) in [5, 5.41) is 5.18. The Morgan fingerprint density at radius 1 is 1.31 bits per heavy atom. The van der Waals surface area contributed by atoms with Gasteiger partial charge < -0.3 is 27.6 Å². The molecule has 10 N–H and O–H groups in total. The summed E-state index contributed by atoms with van der Waals surface area (Å²) in [6.07, 6.45) is -0.568. The summed E-state index contributed by atoms with van der Waals surface area (Å²) in [6, 6.07) is -0.716. The highest BCUT2D eigenvalue weighted by atomic mass is 32.3. The molecule has 1 amide bonds. The van der Waals surface area contributed by atoms with Crippen LogP contribution in [0.4, 0.5) is 0 Å². The van der Waals surface area contributed by atoms with Crippen molar-refractivity contribution in [3.05, 3.63) is 0 Å². The van der Waals surface area contributed by atoms with Gasteiger partial charge in [0.05, 0.1) is 0 Å². The van der Waals surface area contributed by atoms with Crippen molar-refractivity contribution < 1.29 is 27.8 Å². The number of nitrogens with one attached hydrogen (secondary N) is 2. The molecule has 16 heavy (non-hydrogen) atoms. The minimum atomic E-state index is -4.67. The molecule has 1 aliphatic heterocycles. The van der Waals surface area contributed by atoms with Gasteiger partial charge in [-0.2, -0.15) is 8.42 Å². The first-order chi connectivity index (χ1) is 6.61. The summed E-state index contributed by atoms with van der Waals surface area (Å²) in [6.45, 7) is 0. The van der Waals surface area contributed by atoms with Crippen LogP contribution in [0.25, 0.3) is 0 Å². The van der Waals surface area contributed by atoms with Crippen molar-refractivity contribution in [3.63, 3.8) is 0 Å². The normalized spacial score (nSPS) is 24.2. The van der Waals surface area contributed by atoms with E-state index in [4.69, 9.17) is 29.0 Å². The van der Waals surface area contributed by atoms with E-state index in [1.807, 2.05) is 0 Å². The lowest BCUT2D eigenvalue weighted by atomic mass is 10.2. The van der Waals surface area contributed by atoms with Crippen LogP contribution < -0.4 is 22.1 Å². The SMILES string of the molecule is NC1NC(=S)NC(=O)C1N.O.O=S(=O)(O)O. The predicted octanol–water partition coefficient (Wildman–Crippen LogP) is -3.87. The Hall–Kier alpha value is -0.890. The van der Waals surface area contributed by atoms with Crippen molar-refractivity contribution in [1.82, 2.24) is 10.6 Å². The molecule has 2 atom stereocenters. The number of carbonyl (C=O) groups is 1. The second kappa shape index (κ2) is 6.64. The van der Waals surface area contributed by atoms with Gasteiger partial charge in [-0.3, -0.25) is 13.9 Å². The monoisotopic (exact) mass is 276 g/mol. The summed E-state index contributed by atoms with van der Waals surface area (Å²) < 4.78 is 31.6. The van der Waals surface area contributed by atoms with Crippen molar-refractivity contribution in [2.75, 3.05) is 0 Å². The molecule has 0 aromatic rings. The zero-order chi connectivity index (χ0) is 12.2. The zero-order valence-corrected chi connectivity index (χ0v) is 9.38. The van der Waals surface area contributed by atoms with Crippen molar-refractivity contribution >= 4 is 33.6 Å². The van der Waals surface area contributed by atoms with Crippen LogP contribution in [-0.4, -0.2) is 46.2 Å². The summed E-state index contributed by atoms with van der Waals surface area (Å²) in [5.74, 6) is -0.337. The van der Waals surface area contributed by atoms with Crippen LogP contribution in [0.5, 0.6) is 0 Å². The highest BCUT2D eigenvalue weighted by molar-refractivity contribution is 7.80. The third kappa shape index (κ3) is 8.42. The first-order valence-electron chi connectivity index (χ1n) is 3.43. The standard InChI is InChI=1S/C4H8N4OS.H2O4S.H2O/c5-1-2(6)7-4(10)8-3(1)9;1-5(2,3)4;/h1-2H,5-6H2,(H2,7,8,9,10);(H2,1,2,3,4);1H2. The molecule has 0 aliphatic carbocycles. The fourth-order valence-electron chi connectivity index (χ4n) is 0.636. The van der Waals surface area contributed by atoms with E-state index < -0.39 is 22.6 Å². The highest BCUT2D eigenvalue weighted by Gasteiger charge is 2.27. The maximum absolute atomic E-state index is 10.8. The molecule has 2 unspecified atom stereocenters. The van der Waals surface area contributed by atoms with Crippen LogP contribution in [0.3, 0.4) is 0 Å². The van der Waals surface area contributed by atoms with Crippen LogP contribution in [0.15, 0.2) is 0 Å². The van der Waals surface area contributed by atoms with E-state index in [2.05, 4.69) is 22.9 Å². The Kier molecular flexibility index (Phi) is 7.26. The maximum Gasteiger partial charge on any atom is 0.394 e. The Labute approximate surface area is 96.2 Å². The minimum absolute atomic E-state index is 0. The fraction of sp³-hybridized carbons (Fsp3) is 0.500. The molecule has 0 bridgehead atoms. The molecular weight excluding hydrogens is 264 g/mol. The fourth-order valence-corrected chi connectivity index (χ4v) is 0.872. The molecule has 96 valence electrons. The highest BCUT2D eigenvalue weighted by Crippen LogP contribution is 1.89. The lowest BCUT2D eigenvalue weighted by molar-refractivity contribution is -0.122. The van der Waals surface area contributed by atoms with E-state index in [0.717, 1.165) is 0 Å². The van der Waals surface area contributed by atoms with E-state index in [-0.39, 0.29) is 16.5 Å². The molecule has 0 aromatic carbocycles. The van der Waals surface area contributed by atoms with Gasteiger partial charge in [0.15, 0.2) is 5.11 Å². The van der Waals surface area contributed by atoms with Crippen molar-refractivity contribution in [3.8, 4) is 0 Å². The number of nitrogens with two attached hydrogens (primary N) is 2. The smallest absolute Gasteiger partial charge is 0.394 e. The molecule has 12 heteroatoms. The summed E-state index contributed by atoms with van der Waals surface area (Å²) in [4.78, 5) is 10.8. The Morgan fingerprint density at radius 3 is 2.00 bits per heavy atom. The number of hydrogen-bond acceptors (Lipinski definition) is 6. The van der Waals surface area contributed by atoms with E-state index in [9.17, 15) is 4.79 Å². The van der Waals surface area contributed by atoms with Crippen molar-refractivity contribution in [2.24, 2.45) is 11.5 Å². The average molecular weight is 276 g/mol. The molecular formula is C4H12N4O6S2. The second-order valence-electron chi connectivity index (χ2n) is 2.46. The third-order valence-electron chi connectivity index (χ3n) is 1.22. The number of amides is 1. The van der Waals surface area contributed by atoms with Gasteiger partial charge in [-0.1, -0.05) is 0 Å². The lowest BCUT2D eigenvalue weighted by Crippen LogP contribution is -2.67. The third-order valence-corrected chi connectivity index (χ3v) is 1.44. The Balaban J connectivity index is 0. The molecule has 0 saturated carbocycles. The van der Waals surface area contributed by atoms with Gasteiger partial charge in [0.1, 0.15) is 12.2 Å². The molecule has 0 aromatic heterocycles. The van der Waals surface area contributed by atoms with E-state index in [0.29, 0.717) is 0 Å². The van der Waals surface area contributed by atoms with E-state index in [1.54, 1.807) is 0 Å². The first-order valence-corrected chi connectivity index (χ1v) is 5.24. The summed E-state index contributed by atoms with van der Waals surface area (Å²) >= 11 is 4.63. The summed E-state index contributed by atoms with van der Waals surface area (Å²) in [7, 11) is -4.67. The molecule has 10 nitrogen and oxygen atoms in total. The van der Waals surface area contributed by atoms with Crippen LogP contribution in [0, 0.1) is 0 Å². The average Bonchev–Trinajstić information content (AvgIpc) is 1.96. The molecule has 0 spiro atoms. The van der Waals surface area contributed by atoms with E-state index >= 15 is 0 Å². The number of carbonyl (C=O) groups excluding carboxylic acids is 1. The quantitative estimate of drug-likeness (QED) is 0.189. The van der Waals surface area contributed by atoms with Gasteiger partial charge in [0.25, 0.3) is 0 Å². The van der Waals surface area contributed by atoms with Crippen LogP contribution in [0.1, 0.15) is 0 Å². The molecule has 1 aliphatic rings. The topological polar surface area (TPSA) is 199 Å². The van der Waals surface area contributed by atoms with Gasteiger partial charge in [0.2, 0.25) is 5.91 Å². The molecule has 1 heterocycles. The van der Waals surface area contributed by atoms with Gasteiger partial charge in [-0.15, -0.1) is 0 Å². The van der Waals surface area contributed by atoms with Crippen LogP contribution >= 0.6 is 12.2 Å². The van der Waals surface area contributed by atoms with Gasteiger partial charge in [-0.25, -0.2) is 0 Å². The van der Waals surface area contributed by atoms with E-state index in [1.165, 1.54) is 0 Å². The molecule has 0 radical (unpaired) electrons. The van der Waals surface area contributed by atoms with Crippen LogP contribution in [-0.2, 0) is 15.2 Å².